The SMILES string of the molecule is Cc1nc(C(=O)N(CCc2c[nH]c3ccc(F)cc23)CC2CC2)c(-c2ccc(C)c(F)c2)s1. The van der Waals surface area contributed by atoms with Crippen molar-refractivity contribution in [3.05, 3.63) is 76.1 Å². The fraction of sp³-hybridized carbons (Fsp3) is 0.308. The van der Waals surface area contributed by atoms with E-state index < -0.39 is 0 Å². The predicted octanol–water partition coefficient (Wildman–Crippen LogP) is 6.28. The Balaban J connectivity index is 1.43. The zero-order chi connectivity index (χ0) is 23.1. The summed E-state index contributed by atoms with van der Waals surface area (Å²) in [6.45, 7) is 4.77. The maximum atomic E-state index is 14.2. The zero-order valence-corrected chi connectivity index (χ0v) is 19.4. The first kappa shape index (κ1) is 21.8. The number of carbonyl (C=O) groups is 1. The zero-order valence-electron chi connectivity index (χ0n) is 18.6. The van der Waals surface area contributed by atoms with Crippen molar-refractivity contribution >= 4 is 28.1 Å². The molecule has 1 N–H and O–H groups in total. The Labute approximate surface area is 195 Å². The van der Waals surface area contributed by atoms with Crippen molar-refractivity contribution < 1.29 is 13.6 Å². The molecule has 0 unspecified atom stereocenters. The molecule has 1 fully saturated rings. The maximum Gasteiger partial charge on any atom is 0.274 e. The number of hydrogen-bond donors (Lipinski definition) is 1. The molecule has 2 aromatic heterocycles. The molecule has 1 saturated carbocycles. The summed E-state index contributed by atoms with van der Waals surface area (Å²) in [7, 11) is 0. The molecular weight excluding hydrogens is 440 g/mol. The van der Waals surface area contributed by atoms with Crippen molar-refractivity contribution in [2.75, 3.05) is 13.1 Å². The molecule has 0 spiro atoms. The third kappa shape index (κ3) is 4.55. The monoisotopic (exact) mass is 465 g/mol. The summed E-state index contributed by atoms with van der Waals surface area (Å²) in [6.07, 6.45) is 4.74. The molecule has 7 heteroatoms. The van der Waals surface area contributed by atoms with Crippen LogP contribution in [0.5, 0.6) is 0 Å². The molecule has 1 aliphatic rings. The summed E-state index contributed by atoms with van der Waals surface area (Å²) in [5.74, 6) is -0.192. The molecule has 0 bridgehead atoms. The Morgan fingerprint density at radius 1 is 1.18 bits per heavy atom. The van der Waals surface area contributed by atoms with Gasteiger partial charge in [0, 0.05) is 30.2 Å². The van der Waals surface area contributed by atoms with Crippen molar-refractivity contribution in [2.24, 2.45) is 5.92 Å². The molecule has 0 radical (unpaired) electrons. The van der Waals surface area contributed by atoms with E-state index in [0.717, 1.165) is 34.3 Å². The van der Waals surface area contributed by atoms with Gasteiger partial charge in [-0.25, -0.2) is 13.8 Å². The highest BCUT2D eigenvalue weighted by atomic mass is 32.1. The molecule has 4 aromatic rings. The number of aromatic amines is 1. The second kappa shape index (κ2) is 8.71. The topological polar surface area (TPSA) is 49.0 Å². The van der Waals surface area contributed by atoms with Crippen LogP contribution < -0.4 is 0 Å². The van der Waals surface area contributed by atoms with Gasteiger partial charge in [0.05, 0.1) is 9.88 Å². The van der Waals surface area contributed by atoms with Gasteiger partial charge in [0.1, 0.15) is 17.3 Å². The van der Waals surface area contributed by atoms with Crippen LogP contribution in [0.15, 0.2) is 42.6 Å². The molecule has 0 saturated heterocycles. The summed E-state index contributed by atoms with van der Waals surface area (Å²) < 4.78 is 28.0. The minimum absolute atomic E-state index is 0.131. The van der Waals surface area contributed by atoms with E-state index in [-0.39, 0.29) is 17.5 Å². The van der Waals surface area contributed by atoms with Gasteiger partial charge < -0.3 is 9.88 Å². The molecule has 2 aromatic carbocycles. The first-order valence-electron chi connectivity index (χ1n) is 11.2. The largest absolute Gasteiger partial charge is 0.361 e. The highest BCUT2D eigenvalue weighted by Crippen LogP contribution is 2.34. The second-order valence-electron chi connectivity index (χ2n) is 8.82. The van der Waals surface area contributed by atoms with Gasteiger partial charge in [0.25, 0.3) is 5.91 Å². The number of aromatic nitrogens is 2. The molecule has 4 nitrogen and oxygen atoms in total. The quantitative estimate of drug-likeness (QED) is 0.349. The molecule has 1 aliphatic carbocycles. The van der Waals surface area contributed by atoms with Gasteiger partial charge in [-0.15, -0.1) is 11.3 Å². The lowest BCUT2D eigenvalue weighted by atomic mass is 10.1. The lowest BCUT2D eigenvalue weighted by Crippen LogP contribution is -2.35. The van der Waals surface area contributed by atoms with Crippen LogP contribution in [0.25, 0.3) is 21.3 Å². The molecule has 2 heterocycles. The third-order valence-electron chi connectivity index (χ3n) is 6.21. The molecule has 0 aliphatic heterocycles. The third-order valence-corrected chi connectivity index (χ3v) is 7.23. The van der Waals surface area contributed by atoms with Gasteiger partial charge in [-0.1, -0.05) is 12.1 Å². The van der Waals surface area contributed by atoms with Crippen molar-refractivity contribution in [1.82, 2.24) is 14.9 Å². The van der Waals surface area contributed by atoms with E-state index in [2.05, 4.69) is 9.97 Å². The van der Waals surface area contributed by atoms with Crippen molar-refractivity contribution in [3.8, 4) is 10.4 Å². The van der Waals surface area contributed by atoms with Gasteiger partial charge in [-0.3, -0.25) is 4.79 Å². The smallest absolute Gasteiger partial charge is 0.274 e. The first-order valence-corrected chi connectivity index (χ1v) is 12.0. The minimum Gasteiger partial charge on any atom is -0.361 e. The summed E-state index contributed by atoms with van der Waals surface area (Å²) in [5.41, 5.74) is 3.48. The van der Waals surface area contributed by atoms with Crippen LogP contribution in [0.2, 0.25) is 0 Å². The second-order valence-corrected chi connectivity index (χ2v) is 10.0. The van der Waals surface area contributed by atoms with Crippen LogP contribution >= 0.6 is 11.3 Å². The van der Waals surface area contributed by atoms with Crippen LogP contribution in [0.1, 0.15) is 39.5 Å². The van der Waals surface area contributed by atoms with Crippen LogP contribution in [-0.4, -0.2) is 33.9 Å². The summed E-state index contributed by atoms with van der Waals surface area (Å²) in [6, 6.07) is 9.74. The Bertz CT molecular complexity index is 1340. The summed E-state index contributed by atoms with van der Waals surface area (Å²) in [4.78, 5) is 23.9. The highest BCUT2D eigenvalue weighted by Gasteiger charge is 2.30. The van der Waals surface area contributed by atoms with Gasteiger partial charge in [-0.2, -0.15) is 0 Å². The number of benzene rings is 2. The van der Waals surface area contributed by atoms with Gasteiger partial charge in [0.2, 0.25) is 0 Å². The normalized spacial score (nSPS) is 13.6. The summed E-state index contributed by atoms with van der Waals surface area (Å²) >= 11 is 1.41. The van der Waals surface area contributed by atoms with Crippen molar-refractivity contribution in [3.63, 3.8) is 0 Å². The van der Waals surface area contributed by atoms with Gasteiger partial charge in [0.15, 0.2) is 0 Å². The molecule has 1 amide bonds. The molecular formula is C26H25F2N3OS. The average Bonchev–Trinajstić information content (AvgIpc) is 3.40. The van der Waals surface area contributed by atoms with Crippen molar-refractivity contribution in [2.45, 2.75) is 33.1 Å². The van der Waals surface area contributed by atoms with E-state index >= 15 is 0 Å². The number of H-pyrrole nitrogens is 1. The van der Waals surface area contributed by atoms with E-state index in [9.17, 15) is 13.6 Å². The maximum absolute atomic E-state index is 14.2. The van der Waals surface area contributed by atoms with Gasteiger partial charge >= 0.3 is 0 Å². The Hall–Kier alpha value is -3.06. The molecule has 33 heavy (non-hydrogen) atoms. The number of nitrogens with zero attached hydrogens (tertiary/aromatic N) is 2. The van der Waals surface area contributed by atoms with Crippen LogP contribution in [-0.2, 0) is 6.42 Å². The van der Waals surface area contributed by atoms with Gasteiger partial charge in [-0.05, 0) is 80.0 Å². The number of nitrogens with one attached hydrogen (secondary N) is 1. The Morgan fingerprint density at radius 2 is 2.00 bits per heavy atom. The van der Waals surface area contributed by atoms with E-state index in [4.69, 9.17) is 0 Å². The molecule has 5 rings (SSSR count). The number of rotatable bonds is 7. The predicted molar refractivity (Wildman–Crippen MR) is 128 cm³/mol. The van der Waals surface area contributed by atoms with E-state index in [0.29, 0.717) is 47.1 Å². The number of hydrogen-bond acceptors (Lipinski definition) is 3. The fourth-order valence-electron chi connectivity index (χ4n) is 4.15. The average molecular weight is 466 g/mol. The lowest BCUT2D eigenvalue weighted by Gasteiger charge is -2.22. The number of thiazole rings is 1. The number of halogens is 2. The van der Waals surface area contributed by atoms with E-state index in [1.54, 1.807) is 19.1 Å². The summed E-state index contributed by atoms with van der Waals surface area (Å²) in [5, 5.41) is 1.61. The first-order chi connectivity index (χ1) is 15.9. The Kier molecular flexibility index (Phi) is 5.74. The number of aryl methyl sites for hydroxylation is 2. The number of carbonyl (C=O) groups excluding carboxylic acids is 1. The minimum atomic E-state index is -0.293. The highest BCUT2D eigenvalue weighted by molar-refractivity contribution is 7.15. The molecule has 170 valence electrons. The van der Waals surface area contributed by atoms with E-state index in [1.807, 2.05) is 24.1 Å². The van der Waals surface area contributed by atoms with Crippen molar-refractivity contribution in [1.29, 1.82) is 0 Å². The van der Waals surface area contributed by atoms with E-state index in [1.165, 1.54) is 29.5 Å². The van der Waals surface area contributed by atoms with Crippen LogP contribution in [0.3, 0.4) is 0 Å². The fourth-order valence-corrected chi connectivity index (χ4v) is 5.06. The van der Waals surface area contributed by atoms with Crippen LogP contribution in [0.4, 0.5) is 8.78 Å². The van der Waals surface area contributed by atoms with Crippen LogP contribution in [0, 0.1) is 31.4 Å². The number of amides is 1. The number of fused-ring (bicyclic) bond motifs is 1. The Morgan fingerprint density at radius 3 is 2.76 bits per heavy atom. The standard InChI is InChI=1S/C26H25F2N3OS/c1-15-3-6-18(11-22(15)28)25-24(30-16(2)33-25)26(32)31(14-17-4-5-17)10-9-19-13-29-23-8-7-20(27)12-21(19)23/h3,6-8,11-13,17,29H,4-5,9-10,14H2,1-2H3. The molecule has 0 atom stereocenters. The lowest BCUT2D eigenvalue weighted by molar-refractivity contribution is 0.0745.